The molecule has 4 N–H and O–H groups in total. The lowest BCUT2D eigenvalue weighted by molar-refractivity contribution is -0.157. The number of benzene rings is 2. The number of thiazole rings is 1. The van der Waals surface area contributed by atoms with Crippen molar-refractivity contribution in [3.8, 4) is 0 Å². The number of aromatic nitrogens is 1. The Hall–Kier alpha value is -4.29. The molecule has 2 aliphatic rings. The number of rotatable bonds is 13. The van der Waals surface area contributed by atoms with Crippen molar-refractivity contribution in [2.75, 3.05) is 32.7 Å². The largest absolute Gasteiger partial charge is 0.370 e. The summed E-state index contributed by atoms with van der Waals surface area (Å²) in [4.78, 5) is 63.5. The molecule has 3 aromatic rings. The highest BCUT2D eigenvalue weighted by molar-refractivity contribution is 7.11. The number of piperidine rings is 1. The molecular formula is C34H40ClN7O4S. The minimum Gasteiger partial charge on any atom is -0.370 e. The monoisotopic (exact) mass is 677 g/mol. The van der Waals surface area contributed by atoms with Gasteiger partial charge in [-0.1, -0.05) is 54.1 Å². The molecule has 2 aliphatic heterocycles. The van der Waals surface area contributed by atoms with Crippen LogP contribution in [0.15, 0.2) is 66.2 Å². The smallest absolute Gasteiger partial charge is 0.246 e. The molecule has 5 rings (SSSR count). The third-order valence-corrected chi connectivity index (χ3v) is 9.78. The Morgan fingerprint density at radius 2 is 1.87 bits per heavy atom. The van der Waals surface area contributed by atoms with Gasteiger partial charge in [0.25, 0.3) is 0 Å². The molecule has 3 amide bonds. The van der Waals surface area contributed by atoms with Gasteiger partial charge in [0.15, 0.2) is 11.0 Å². The molecule has 0 saturated carbocycles. The molecule has 0 aliphatic carbocycles. The van der Waals surface area contributed by atoms with Gasteiger partial charge in [0.2, 0.25) is 23.5 Å². The number of nitrogens with one attached hydrogen (secondary N) is 2. The number of hydrogen-bond acceptors (Lipinski definition) is 7. The van der Waals surface area contributed by atoms with Crippen molar-refractivity contribution in [3.05, 3.63) is 87.3 Å². The van der Waals surface area contributed by atoms with E-state index in [-0.39, 0.29) is 54.0 Å². The van der Waals surface area contributed by atoms with Gasteiger partial charge in [-0.05, 0) is 61.3 Å². The number of guanidine groups is 1. The fraction of sp³-hybridized carbons (Fsp3) is 0.412. The molecule has 0 radical (unpaired) electrons. The zero-order valence-corrected chi connectivity index (χ0v) is 27.7. The van der Waals surface area contributed by atoms with Crippen LogP contribution in [0.5, 0.6) is 0 Å². The van der Waals surface area contributed by atoms with Crippen LogP contribution in [-0.2, 0) is 27.2 Å². The summed E-state index contributed by atoms with van der Waals surface area (Å²) < 4.78 is 0. The fourth-order valence-electron chi connectivity index (χ4n) is 6.33. The van der Waals surface area contributed by atoms with Crippen molar-refractivity contribution in [1.29, 1.82) is 5.41 Å². The van der Waals surface area contributed by atoms with Crippen LogP contribution in [0.1, 0.15) is 46.6 Å². The van der Waals surface area contributed by atoms with E-state index in [9.17, 15) is 19.2 Å². The molecule has 2 saturated heterocycles. The van der Waals surface area contributed by atoms with Gasteiger partial charge in [0, 0.05) is 42.7 Å². The summed E-state index contributed by atoms with van der Waals surface area (Å²) in [6.07, 6.45) is 5.20. The third-order valence-electron chi connectivity index (χ3n) is 8.74. The van der Waals surface area contributed by atoms with Crippen LogP contribution in [-0.4, -0.2) is 94.0 Å². The lowest BCUT2D eigenvalue weighted by Gasteiger charge is -2.40. The maximum absolute atomic E-state index is 13.9. The summed E-state index contributed by atoms with van der Waals surface area (Å²) in [5.41, 5.74) is 7.70. The number of aryl methyl sites for hydroxylation is 1. The van der Waals surface area contributed by atoms with E-state index in [1.165, 1.54) is 16.2 Å². The zero-order valence-electron chi connectivity index (χ0n) is 26.1. The summed E-state index contributed by atoms with van der Waals surface area (Å²) in [6.45, 7) is 1.11. The Kier molecular flexibility index (Phi) is 11.6. The number of piperazine rings is 1. The maximum Gasteiger partial charge on any atom is 0.246 e. The number of Topliss-reactive ketones (excluding diaryl/α,β-unsaturated/α-hetero) is 1. The molecule has 1 unspecified atom stereocenters. The highest BCUT2D eigenvalue weighted by Crippen LogP contribution is 2.24. The molecule has 0 bridgehead atoms. The highest BCUT2D eigenvalue weighted by atomic mass is 35.5. The molecule has 11 nitrogen and oxygen atoms in total. The number of amides is 3. The van der Waals surface area contributed by atoms with Gasteiger partial charge < -0.3 is 25.8 Å². The number of carbonyl (C=O) groups is 4. The Morgan fingerprint density at radius 3 is 2.57 bits per heavy atom. The van der Waals surface area contributed by atoms with Gasteiger partial charge >= 0.3 is 0 Å². The second-order valence-corrected chi connectivity index (χ2v) is 13.4. The van der Waals surface area contributed by atoms with Crippen LogP contribution in [0, 0.1) is 11.3 Å². The number of halogens is 1. The second-order valence-electron chi connectivity index (χ2n) is 12.1. The van der Waals surface area contributed by atoms with Crippen LogP contribution in [0.4, 0.5) is 0 Å². The zero-order chi connectivity index (χ0) is 33.3. The van der Waals surface area contributed by atoms with Crippen LogP contribution in [0.25, 0.3) is 0 Å². The van der Waals surface area contributed by atoms with E-state index >= 15 is 0 Å². The lowest BCUT2D eigenvalue weighted by atomic mass is 9.90. The number of nitrogens with zero attached hydrogens (tertiary/aromatic N) is 4. The molecule has 47 heavy (non-hydrogen) atoms. The van der Waals surface area contributed by atoms with E-state index in [1.54, 1.807) is 33.5 Å². The van der Waals surface area contributed by atoms with Crippen LogP contribution in [0.2, 0.25) is 5.02 Å². The minimum atomic E-state index is -0.893. The first-order chi connectivity index (χ1) is 22.7. The molecule has 3 heterocycles. The fourth-order valence-corrected chi connectivity index (χ4v) is 7.08. The van der Waals surface area contributed by atoms with Gasteiger partial charge in [-0.15, -0.1) is 11.3 Å². The Bertz CT molecular complexity index is 1550. The summed E-state index contributed by atoms with van der Waals surface area (Å²) in [5, 5.41) is 13.2. The molecule has 0 spiro atoms. The molecule has 2 aromatic carbocycles. The van der Waals surface area contributed by atoms with Crippen LogP contribution in [0.3, 0.4) is 0 Å². The first-order valence-corrected chi connectivity index (χ1v) is 17.1. The van der Waals surface area contributed by atoms with Crippen LogP contribution >= 0.6 is 22.9 Å². The quantitative estimate of drug-likeness (QED) is 0.142. The van der Waals surface area contributed by atoms with Crippen molar-refractivity contribution >= 4 is 52.4 Å². The van der Waals surface area contributed by atoms with Crippen molar-refractivity contribution in [2.45, 2.75) is 50.6 Å². The minimum absolute atomic E-state index is 0.0159. The molecule has 13 heteroatoms. The second kappa shape index (κ2) is 16.0. The average Bonchev–Trinajstić information content (AvgIpc) is 3.61. The summed E-state index contributed by atoms with van der Waals surface area (Å²) in [7, 11) is 0. The SMILES string of the molecule is N=C(N)N1CCCC(C[C@H](NC(=O)CN2C(=O)CN(CCCc3ccccc3)C(=O)[C@H]2Cc2ccc(Cl)cc2)C(=O)c2nccs2)C1. The molecule has 248 valence electrons. The van der Waals surface area contributed by atoms with Crippen molar-refractivity contribution in [3.63, 3.8) is 0 Å². The predicted molar refractivity (Wildman–Crippen MR) is 181 cm³/mol. The Balaban J connectivity index is 1.30. The van der Waals surface area contributed by atoms with Gasteiger partial charge in [0.05, 0.1) is 12.6 Å². The van der Waals surface area contributed by atoms with E-state index < -0.39 is 18.0 Å². The number of carbonyl (C=O) groups excluding carboxylic acids is 4. The summed E-state index contributed by atoms with van der Waals surface area (Å²) in [6, 6.07) is 15.3. The van der Waals surface area contributed by atoms with Gasteiger partial charge in [-0.25, -0.2) is 4.98 Å². The summed E-state index contributed by atoms with van der Waals surface area (Å²) in [5.74, 6) is -1.39. The van der Waals surface area contributed by atoms with Gasteiger partial charge in [0.1, 0.15) is 12.6 Å². The van der Waals surface area contributed by atoms with E-state index in [2.05, 4.69) is 10.3 Å². The highest BCUT2D eigenvalue weighted by Gasteiger charge is 2.40. The van der Waals surface area contributed by atoms with Gasteiger partial charge in [-0.3, -0.25) is 24.6 Å². The average molecular weight is 678 g/mol. The molecule has 2 fully saturated rings. The molecule has 3 atom stereocenters. The number of ketones is 1. The standard InChI is InChI=1S/C34H40ClN7O4S/c35-26-12-10-24(11-13-26)19-28-33(46)40(15-4-8-23-6-2-1-3-7-23)22-30(44)42(28)21-29(43)39-27(31(45)32-38-14-17-47-32)18-25-9-5-16-41(20-25)34(36)37/h1-3,6-7,10-14,17,25,27-28H,4-5,8-9,15-16,18-22H2,(H3,36,37)(H,39,43)/t25?,27-,28+/m0/s1. The third kappa shape index (κ3) is 9.17. The van der Waals surface area contributed by atoms with E-state index in [4.69, 9.17) is 22.7 Å². The van der Waals surface area contributed by atoms with E-state index in [0.717, 1.165) is 30.4 Å². The Morgan fingerprint density at radius 1 is 1.11 bits per heavy atom. The number of nitrogens with two attached hydrogens (primary N) is 1. The van der Waals surface area contributed by atoms with E-state index in [0.29, 0.717) is 37.5 Å². The summed E-state index contributed by atoms with van der Waals surface area (Å²) >= 11 is 7.29. The molecular weight excluding hydrogens is 638 g/mol. The topological polar surface area (TPSA) is 153 Å². The Labute approximate surface area is 283 Å². The predicted octanol–water partition coefficient (Wildman–Crippen LogP) is 3.37. The van der Waals surface area contributed by atoms with Crippen molar-refractivity contribution in [1.82, 2.24) is 25.0 Å². The number of likely N-dealkylation sites (tertiary alicyclic amines) is 1. The van der Waals surface area contributed by atoms with Crippen molar-refractivity contribution in [2.24, 2.45) is 11.7 Å². The number of hydrogen-bond donors (Lipinski definition) is 3. The first kappa shape index (κ1) is 34.1. The normalized spacial score (nSPS) is 19.0. The van der Waals surface area contributed by atoms with Gasteiger partial charge in [-0.2, -0.15) is 0 Å². The maximum atomic E-state index is 13.9. The van der Waals surface area contributed by atoms with E-state index in [1.807, 2.05) is 42.5 Å². The molecule has 1 aromatic heterocycles. The lowest BCUT2D eigenvalue weighted by Crippen LogP contribution is -2.62. The first-order valence-electron chi connectivity index (χ1n) is 15.9. The van der Waals surface area contributed by atoms with Crippen LogP contribution < -0.4 is 11.1 Å². The van der Waals surface area contributed by atoms with Crippen molar-refractivity contribution < 1.29 is 19.2 Å².